The molecular weight excluding hydrogens is 418 g/mol. The molecule has 0 radical (unpaired) electrons. The third-order valence-corrected chi connectivity index (χ3v) is 5.28. The summed E-state index contributed by atoms with van der Waals surface area (Å²) in [6.45, 7) is 9.42. The van der Waals surface area contributed by atoms with Crippen molar-refractivity contribution in [2.45, 2.75) is 52.3 Å². The Morgan fingerprint density at radius 2 is 2.12 bits per heavy atom. The number of nitrogens with zero attached hydrogens (tertiary/aromatic N) is 3. The van der Waals surface area contributed by atoms with Gasteiger partial charge in [-0.15, -0.1) is 0 Å². The molecule has 0 N–H and O–H groups in total. The van der Waals surface area contributed by atoms with Crippen LogP contribution in [0.15, 0.2) is 28.9 Å². The quantitative estimate of drug-likeness (QED) is 0.710. The maximum atomic E-state index is 12.8. The molecule has 0 spiro atoms. The van der Waals surface area contributed by atoms with Crippen LogP contribution >= 0.6 is 27.5 Å². The Morgan fingerprint density at radius 1 is 1.38 bits per heavy atom. The van der Waals surface area contributed by atoms with E-state index in [4.69, 9.17) is 16.3 Å². The molecule has 0 saturated carbocycles. The maximum Gasteiger partial charge on any atom is 0.263 e. The molecular formula is C19H23BrClN3O2. The van der Waals surface area contributed by atoms with Crippen LogP contribution in [0, 0.1) is 0 Å². The SMILES string of the molecule is CC(Oc1ccc(Cl)cc1Br)C(=O)N1CCc2c(cnn2C(C)(C)C)C1. The molecule has 1 unspecified atom stereocenters. The molecule has 26 heavy (non-hydrogen) atoms. The van der Waals surface area contributed by atoms with Crippen LogP contribution in [0.3, 0.4) is 0 Å². The second-order valence-corrected chi connectivity index (χ2v) is 8.83. The molecule has 1 aromatic heterocycles. The second kappa shape index (κ2) is 7.24. The van der Waals surface area contributed by atoms with Crippen LogP contribution in [-0.4, -0.2) is 33.2 Å². The van der Waals surface area contributed by atoms with Gasteiger partial charge in [0.25, 0.3) is 5.91 Å². The highest BCUT2D eigenvalue weighted by Gasteiger charge is 2.30. The monoisotopic (exact) mass is 439 g/mol. The van der Waals surface area contributed by atoms with E-state index in [-0.39, 0.29) is 11.4 Å². The van der Waals surface area contributed by atoms with E-state index in [0.29, 0.717) is 23.9 Å². The lowest BCUT2D eigenvalue weighted by Crippen LogP contribution is -2.43. The number of ether oxygens (including phenoxy) is 1. The van der Waals surface area contributed by atoms with Crippen molar-refractivity contribution in [3.63, 3.8) is 0 Å². The third kappa shape index (κ3) is 3.91. The van der Waals surface area contributed by atoms with E-state index in [0.717, 1.165) is 16.5 Å². The number of amides is 1. The van der Waals surface area contributed by atoms with Crippen molar-refractivity contribution in [3.8, 4) is 5.75 Å². The van der Waals surface area contributed by atoms with Gasteiger partial charge in [0.1, 0.15) is 5.75 Å². The summed E-state index contributed by atoms with van der Waals surface area (Å²) < 4.78 is 8.64. The Labute approximate surface area is 167 Å². The fraction of sp³-hybridized carbons (Fsp3) is 0.474. The Kier molecular flexibility index (Phi) is 5.35. The lowest BCUT2D eigenvalue weighted by atomic mass is 10.0. The van der Waals surface area contributed by atoms with Gasteiger partial charge in [-0.05, 0) is 61.8 Å². The van der Waals surface area contributed by atoms with Crippen LogP contribution in [0.4, 0.5) is 0 Å². The number of carbonyl (C=O) groups excluding carboxylic acids is 1. The van der Waals surface area contributed by atoms with Crippen molar-refractivity contribution in [1.82, 2.24) is 14.7 Å². The van der Waals surface area contributed by atoms with E-state index in [9.17, 15) is 4.79 Å². The highest BCUT2D eigenvalue weighted by Crippen LogP contribution is 2.30. The van der Waals surface area contributed by atoms with E-state index < -0.39 is 6.10 Å². The van der Waals surface area contributed by atoms with Crippen LogP contribution < -0.4 is 4.74 Å². The lowest BCUT2D eigenvalue weighted by Gasteiger charge is -2.31. The lowest BCUT2D eigenvalue weighted by molar-refractivity contribution is -0.138. The Hall–Kier alpha value is -1.53. The zero-order chi connectivity index (χ0) is 19.1. The fourth-order valence-corrected chi connectivity index (χ4v) is 3.94. The van der Waals surface area contributed by atoms with Gasteiger partial charge in [0.05, 0.1) is 16.2 Å². The van der Waals surface area contributed by atoms with Crippen molar-refractivity contribution in [3.05, 3.63) is 45.1 Å². The summed E-state index contributed by atoms with van der Waals surface area (Å²) in [5.41, 5.74) is 2.27. The van der Waals surface area contributed by atoms with E-state index in [1.165, 1.54) is 5.69 Å². The van der Waals surface area contributed by atoms with Crippen LogP contribution in [-0.2, 0) is 23.3 Å². The zero-order valence-corrected chi connectivity index (χ0v) is 17.8. The minimum Gasteiger partial charge on any atom is -0.480 e. The summed E-state index contributed by atoms with van der Waals surface area (Å²) in [4.78, 5) is 14.7. The summed E-state index contributed by atoms with van der Waals surface area (Å²) in [5, 5.41) is 5.14. The molecule has 1 aliphatic heterocycles. The van der Waals surface area contributed by atoms with Crippen LogP contribution in [0.1, 0.15) is 39.0 Å². The van der Waals surface area contributed by atoms with Gasteiger partial charge in [-0.1, -0.05) is 11.6 Å². The number of carbonyl (C=O) groups is 1. The number of hydrogen-bond donors (Lipinski definition) is 0. The predicted octanol–water partition coefficient (Wildman–Crippen LogP) is 4.41. The standard InChI is InChI=1S/C19H23BrClN3O2/c1-12(26-17-6-5-14(21)9-15(17)20)18(25)23-8-7-16-13(11-23)10-22-24(16)19(2,3)4/h5-6,9-10,12H,7-8,11H2,1-4H3. The van der Waals surface area contributed by atoms with Gasteiger partial charge in [0, 0.05) is 35.8 Å². The normalized spacial score (nSPS) is 15.5. The molecule has 5 nitrogen and oxygen atoms in total. The first kappa shape index (κ1) is 19.2. The van der Waals surface area contributed by atoms with Gasteiger partial charge in [-0.3, -0.25) is 9.48 Å². The van der Waals surface area contributed by atoms with Gasteiger partial charge < -0.3 is 9.64 Å². The summed E-state index contributed by atoms with van der Waals surface area (Å²) in [7, 11) is 0. The molecule has 0 aliphatic carbocycles. The summed E-state index contributed by atoms with van der Waals surface area (Å²) in [6.07, 6.45) is 2.10. The maximum absolute atomic E-state index is 12.8. The molecule has 0 saturated heterocycles. The largest absolute Gasteiger partial charge is 0.480 e. The number of aromatic nitrogens is 2. The molecule has 7 heteroatoms. The van der Waals surface area contributed by atoms with E-state index in [1.807, 2.05) is 11.1 Å². The molecule has 0 bridgehead atoms. The average Bonchev–Trinajstić information content (AvgIpc) is 3.00. The van der Waals surface area contributed by atoms with Crippen molar-refractivity contribution >= 4 is 33.4 Å². The topological polar surface area (TPSA) is 47.4 Å². The summed E-state index contributed by atoms with van der Waals surface area (Å²) in [6, 6.07) is 5.26. The predicted molar refractivity (Wildman–Crippen MR) is 106 cm³/mol. The summed E-state index contributed by atoms with van der Waals surface area (Å²) in [5.74, 6) is 0.578. The minimum absolute atomic E-state index is 0.0268. The Balaban J connectivity index is 1.70. The van der Waals surface area contributed by atoms with Crippen molar-refractivity contribution in [1.29, 1.82) is 0 Å². The molecule has 1 amide bonds. The third-order valence-electron chi connectivity index (χ3n) is 4.43. The molecule has 0 fully saturated rings. The van der Waals surface area contributed by atoms with Gasteiger partial charge in [0.15, 0.2) is 6.10 Å². The average molecular weight is 441 g/mol. The first-order valence-electron chi connectivity index (χ1n) is 8.63. The number of benzene rings is 1. The molecule has 2 heterocycles. The molecule has 1 aliphatic rings. The summed E-state index contributed by atoms with van der Waals surface area (Å²) >= 11 is 9.37. The molecule has 2 aromatic rings. The zero-order valence-electron chi connectivity index (χ0n) is 15.4. The van der Waals surface area contributed by atoms with Gasteiger partial charge >= 0.3 is 0 Å². The van der Waals surface area contributed by atoms with E-state index in [1.54, 1.807) is 25.1 Å². The highest BCUT2D eigenvalue weighted by atomic mass is 79.9. The molecule has 140 valence electrons. The van der Waals surface area contributed by atoms with E-state index >= 15 is 0 Å². The van der Waals surface area contributed by atoms with Gasteiger partial charge in [0.2, 0.25) is 0 Å². The number of halogens is 2. The van der Waals surface area contributed by atoms with Crippen LogP contribution in [0.25, 0.3) is 0 Å². The number of hydrogen-bond acceptors (Lipinski definition) is 3. The van der Waals surface area contributed by atoms with Gasteiger partial charge in [-0.25, -0.2) is 0 Å². The van der Waals surface area contributed by atoms with Crippen LogP contribution in [0.5, 0.6) is 5.75 Å². The van der Waals surface area contributed by atoms with E-state index in [2.05, 4.69) is 46.5 Å². The van der Waals surface area contributed by atoms with Crippen LogP contribution in [0.2, 0.25) is 5.02 Å². The van der Waals surface area contributed by atoms with Crippen molar-refractivity contribution in [2.75, 3.05) is 6.54 Å². The highest BCUT2D eigenvalue weighted by molar-refractivity contribution is 9.10. The number of rotatable bonds is 3. The minimum atomic E-state index is -0.577. The first-order valence-corrected chi connectivity index (χ1v) is 9.80. The van der Waals surface area contributed by atoms with Crippen molar-refractivity contribution < 1.29 is 9.53 Å². The first-order chi connectivity index (χ1) is 12.2. The van der Waals surface area contributed by atoms with Gasteiger partial charge in [-0.2, -0.15) is 5.10 Å². The Bertz CT molecular complexity index is 829. The molecule has 1 aromatic carbocycles. The number of fused-ring (bicyclic) bond motifs is 1. The fourth-order valence-electron chi connectivity index (χ4n) is 3.17. The Morgan fingerprint density at radius 3 is 2.77 bits per heavy atom. The smallest absolute Gasteiger partial charge is 0.263 e. The molecule has 3 rings (SSSR count). The molecule has 1 atom stereocenters. The second-order valence-electron chi connectivity index (χ2n) is 7.54. The van der Waals surface area contributed by atoms with Crippen molar-refractivity contribution in [2.24, 2.45) is 0 Å².